The van der Waals surface area contributed by atoms with Crippen molar-refractivity contribution in [1.29, 1.82) is 0 Å². The van der Waals surface area contributed by atoms with E-state index in [9.17, 15) is 13.6 Å². The van der Waals surface area contributed by atoms with Crippen LogP contribution in [0.1, 0.15) is 35.8 Å². The second-order valence-electron chi connectivity index (χ2n) is 8.22. The first kappa shape index (κ1) is 21.8. The van der Waals surface area contributed by atoms with Crippen molar-refractivity contribution < 1.29 is 23.1 Å². The maximum atomic E-state index is 13.7. The molecule has 2 aromatic carbocycles. The number of hydrogen-bond acceptors (Lipinski definition) is 5. The van der Waals surface area contributed by atoms with Gasteiger partial charge in [0.15, 0.2) is 5.84 Å². The lowest BCUT2D eigenvalue weighted by molar-refractivity contribution is -0.143. The van der Waals surface area contributed by atoms with Gasteiger partial charge in [-0.05, 0) is 61.2 Å². The average molecular weight is 464 g/mol. The van der Waals surface area contributed by atoms with Crippen molar-refractivity contribution in [2.75, 3.05) is 13.7 Å². The highest BCUT2D eigenvalue weighted by Gasteiger charge is 2.38. The van der Waals surface area contributed by atoms with Crippen LogP contribution in [0.4, 0.5) is 8.78 Å². The van der Waals surface area contributed by atoms with Crippen LogP contribution in [0.3, 0.4) is 0 Å². The first-order chi connectivity index (χ1) is 16.4. The molecular formula is C25H22F2N4O3. The minimum absolute atomic E-state index is 0.0940. The number of benzene rings is 2. The van der Waals surface area contributed by atoms with Crippen molar-refractivity contribution in [3.63, 3.8) is 0 Å². The lowest BCUT2D eigenvalue weighted by Gasteiger charge is -2.35. The number of nitrogens with zero attached hydrogens (tertiary/aromatic N) is 4. The predicted molar refractivity (Wildman–Crippen MR) is 121 cm³/mol. The molecule has 0 bridgehead atoms. The molecule has 0 aliphatic carbocycles. The van der Waals surface area contributed by atoms with Crippen molar-refractivity contribution in [2.45, 2.75) is 25.9 Å². The van der Waals surface area contributed by atoms with Gasteiger partial charge in [-0.25, -0.2) is 13.8 Å². The zero-order valence-corrected chi connectivity index (χ0v) is 18.7. The highest BCUT2D eigenvalue weighted by atomic mass is 19.1. The van der Waals surface area contributed by atoms with Gasteiger partial charge < -0.3 is 14.1 Å². The number of carbonyl (C=O) groups excluding carboxylic acids is 1. The third-order valence-corrected chi connectivity index (χ3v) is 5.83. The van der Waals surface area contributed by atoms with Crippen molar-refractivity contribution in [2.24, 2.45) is 5.16 Å². The molecule has 34 heavy (non-hydrogen) atoms. The number of oxime groups is 1. The molecule has 3 heterocycles. The number of piperidine rings is 1. The second-order valence-corrected chi connectivity index (χ2v) is 8.22. The monoisotopic (exact) mass is 464 g/mol. The Hall–Kier alpha value is -4.01. The van der Waals surface area contributed by atoms with Gasteiger partial charge in [-0.1, -0.05) is 11.2 Å². The predicted octanol–water partition coefficient (Wildman–Crippen LogP) is 4.56. The van der Waals surface area contributed by atoms with Gasteiger partial charge in [0.1, 0.15) is 17.4 Å². The van der Waals surface area contributed by atoms with Gasteiger partial charge >= 0.3 is 0 Å². The smallest absolute Gasteiger partial charge is 0.276 e. The minimum atomic E-state index is -1.19. The number of imidazole rings is 1. The van der Waals surface area contributed by atoms with E-state index in [2.05, 4.69) is 10.1 Å². The summed E-state index contributed by atoms with van der Waals surface area (Å²) in [5.74, 6) is -0.862. The lowest BCUT2D eigenvalue weighted by Crippen LogP contribution is -2.47. The van der Waals surface area contributed by atoms with Crippen LogP contribution in [0.15, 0.2) is 59.7 Å². The molecule has 0 saturated carbocycles. The summed E-state index contributed by atoms with van der Waals surface area (Å²) in [7, 11) is 1.61. The third kappa shape index (κ3) is 4.05. The molecule has 0 radical (unpaired) electrons. The van der Waals surface area contributed by atoms with Gasteiger partial charge in [0.2, 0.25) is 6.10 Å². The summed E-state index contributed by atoms with van der Waals surface area (Å²) in [6, 6.07) is 8.71. The zero-order valence-electron chi connectivity index (χ0n) is 18.7. The van der Waals surface area contributed by atoms with Gasteiger partial charge in [-0.3, -0.25) is 9.69 Å². The Morgan fingerprint density at radius 2 is 1.97 bits per heavy atom. The second kappa shape index (κ2) is 8.74. The number of hydrogen-bond donors (Lipinski definition) is 0. The van der Waals surface area contributed by atoms with Crippen LogP contribution in [0.5, 0.6) is 5.75 Å². The molecule has 5 rings (SSSR count). The molecule has 1 fully saturated rings. The van der Waals surface area contributed by atoms with Crippen LogP contribution < -0.4 is 4.74 Å². The molecule has 2 aliphatic heterocycles. The SMILES string of the molecule is COc1cc(/C=C2\CCCN3C(=O)C(c4cc(F)cc(F)c4)ON=C23)ccc1-n1cnc(C)c1. The number of carbonyl (C=O) groups is 1. The highest BCUT2D eigenvalue weighted by molar-refractivity contribution is 6.12. The summed E-state index contributed by atoms with van der Waals surface area (Å²) < 4.78 is 34.8. The third-order valence-electron chi connectivity index (χ3n) is 5.83. The molecule has 1 amide bonds. The van der Waals surface area contributed by atoms with Gasteiger partial charge in [0.05, 0.1) is 24.8 Å². The number of methoxy groups -OCH3 is 1. The van der Waals surface area contributed by atoms with E-state index < -0.39 is 23.6 Å². The number of amidine groups is 1. The molecular weight excluding hydrogens is 442 g/mol. The number of amides is 1. The average Bonchev–Trinajstić information content (AvgIpc) is 3.25. The first-order valence-electron chi connectivity index (χ1n) is 10.8. The van der Waals surface area contributed by atoms with Crippen LogP contribution in [0.2, 0.25) is 0 Å². The Morgan fingerprint density at radius 1 is 1.18 bits per heavy atom. The topological polar surface area (TPSA) is 68.9 Å². The molecule has 7 nitrogen and oxygen atoms in total. The molecule has 0 spiro atoms. The zero-order chi connectivity index (χ0) is 23.8. The van der Waals surface area contributed by atoms with Crippen LogP contribution in [0, 0.1) is 18.6 Å². The molecule has 174 valence electrons. The fourth-order valence-corrected chi connectivity index (χ4v) is 4.25. The first-order valence-corrected chi connectivity index (χ1v) is 10.8. The standard InChI is InChI=1S/C25H22F2N4O3/c1-15-13-30(14-28-15)21-6-5-16(9-22(21)33-2)8-17-4-3-7-31-24(17)29-34-23(25(31)32)18-10-19(26)12-20(27)11-18/h5-6,8-14,23H,3-4,7H2,1-2H3/b17-8+. The molecule has 3 aromatic rings. The molecule has 9 heteroatoms. The summed E-state index contributed by atoms with van der Waals surface area (Å²) >= 11 is 0. The molecule has 1 saturated heterocycles. The fraction of sp³-hybridized carbons (Fsp3) is 0.240. The number of aryl methyl sites for hydroxylation is 1. The summed E-state index contributed by atoms with van der Waals surface area (Å²) in [5.41, 5.74) is 3.55. The quantitative estimate of drug-likeness (QED) is 0.568. The van der Waals surface area contributed by atoms with Crippen LogP contribution in [-0.4, -0.2) is 39.8 Å². The van der Waals surface area contributed by atoms with Crippen LogP contribution >= 0.6 is 0 Å². The van der Waals surface area contributed by atoms with Crippen molar-refractivity contribution >= 4 is 17.8 Å². The Balaban J connectivity index is 1.45. The maximum absolute atomic E-state index is 13.7. The number of rotatable bonds is 4. The van der Waals surface area contributed by atoms with Gasteiger partial charge in [-0.15, -0.1) is 0 Å². The molecule has 2 aliphatic rings. The summed E-state index contributed by atoms with van der Waals surface area (Å²) in [5, 5.41) is 4.17. The maximum Gasteiger partial charge on any atom is 0.276 e. The Morgan fingerprint density at radius 3 is 2.68 bits per heavy atom. The van der Waals surface area contributed by atoms with Crippen LogP contribution in [-0.2, 0) is 9.63 Å². The summed E-state index contributed by atoms with van der Waals surface area (Å²) in [4.78, 5) is 24.3. The van der Waals surface area contributed by atoms with Crippen molar-refractivity contribution in [3.05, 3.63) is 83.0 Å². The van der Waals surface area contributed by atoms with E-state index >= 15 is 0 Å². The number of fused-ring (bicyclic) bond motifs is 1. The molecule has 1 atom stereocenters. The number of ether oxygens (including phenoxy) is 1. The van der Waals surface area contributed by atoms with Gasteiger partial charge in [0, 0.05) is 24.4 Å². The molecule has 0 N–H and O–H groups in total. The summed E-state index contributed by atoms with van der Waals surface area (Å²) in [6.45, 7) is 2.37. The van der Waals surface area contributed by atoms with E-state index in [4.69, 9.17) is 9.57 Å². The minimum Gasteiger partial charge on any atom is -0.495 e. The molecule has 1 unspecified atom stereocenters. The summed E-state index contributed by atoms with van der Waals surface area (Å²) in [6.07, 6.45) is 5.82. The Kier molecular flexibility index (Phi) is 5.61. The van der Waals surface area contributed by atoms with E-state index in [-0.39, 0.29) is 5.56 Å². The lowest BCUT2D eigenvalue weighted by atomic mass is 9.98. The number of halogens is 2. The largest absolute Gasteiger partial charge is 0.495 e. The van der Waals surface area contributed by atoms with E-state index in [1.165, 1.54) is 4.90 Å². The number of aromatic nitrogens is 2. The fourth-order valence-electron chi connectivity index (χ4n) is 4.25. The normalized spacial score (nSPS) is 19.0. The van der Waals surface area contributed by atoms with E-state index in [1.54, 1.807) is 13.4 Å². The van der Waals surface area contributed by atoms with E-state index in [0.717, 1.165) is 47.1 Å². The van der Waals surface area contributed by atoms with Crippen LogP contribution in [0.25, 0.3) is 11.8 Å². The van der Waals surface area contributed by atoms with Crippen molar-refractivity contribution in [3.8, 4) is 11.4 Å². The Bertz CT molecular complexity index is 1310. The van der Waals surface area contributed by atoms with Gasteiger partial charge in [-0.2, -0.15) is 0 Å². The van der Waals surface area contributed by atoms with E-state index in [0.29, 0.717) is 24.6 Å². The Labute approximate surface area is 194 Å². The van der Waals surface area contributed by atoms with Crippen molar-refractivity contribution in [1.82, 2.24) is 14.5 Å². The van der Waals surface area contributed by atoms with Gasteiger partial charge in [0.25, 0.3) is 5.91 Å². The van der Waals surface area contributed by atoms with E-state index in [1.807, 2.05) is 42.0 Å². The highest BCUT2D eigenvalue weighted by Crippen LogP contribution is 2.32. The molecule has 1 aromatic heterocycles.